The van der Waals surface area contributed by atoms with Gasteiger partial charge in [-0.1, -0.05) is 18.0 Å². The normalized spacial score (nSPS) is 11.6. The van der Waals surface area contributed by atoms with Crippen LogP contribution in [-0.4, -0.2) is 27.6 Å². The number of rotatable bonds is 2. The Labute approximate surface area is 66.5 Å². The zero-order chi connectivity index (χ0) is 9.71. The molecule has 11 heavy (non-hydrogen) atoms. The predicted molar refractivity (Wildman–Crippen MR) is 40.9 cm³/mol. The summed E-state index contributed by atoms with van der Waals surface area (Å²) in [6.07, 6.45) is 0.612. The molecule has 0 rings (SSSR count). The van der Waals surface area contributed by atoms with Crippen LogP contribution in [0.25, 0.3) is 0 Å². The second-order valence-corrected chi connectivity index (χ2v) is 4.49. The van der Waals surface area contributed by atoms with E-state index in [1.807, 2.05) is 13.8 Å². The van der Waals surface area contributed by atoms with Gasteiger partial charge in [0.15, 0.2) is 0 Å². The third-order valence-electron chi connectivity index (χ3n) is 0.257. The van der Waals surface area contributed by atoms with Gasteiger partial charge in [0.05, 0.1) is 6.26 Å². The molecule has 0 amide bonds. The second kappa shape index (κ2) is 4.65. The molecule has 70 valence electrons. The van der Waals surface area contributed by atoms with E-state index in [1.165, 1.54) is 0 Å². The Kier molecular flexibility index (Phi) is 5.67. The van der Waals surface area contributed by atoms with Crippen molar-refractivity contribution in [3.63, 3.8) is 0 Å². The summed E-state index contributed by atoms with van der Waals surface area (Å²) in [4.78, 5) is 0. The highest BCUT2D eigenvalue weighted by molar-refractivity contribution is 8.01. The Balaban J connectivity index is 0. The van der Waals surface area contributed by atoms with Crippen molar-refractivity contribution in [2.45, 2.75) is 13.8 Å². The van der Waals surface area contributed by atoms with Gasteiger partial charge in [0, 0.05) is 0 Å². The molecule has 0 aliphatic heterocycles. The quantitative estimate of drug-likeness (QED) is 0.584. The van der Waals surface area contributed by atoms with Crippen molar-refractivity contribution < 1.29 is 21.4 Å². The molecule has 8 heteroatoms. The summed E-state index contributed by atoms with van der Waals surface area (Å²) < 4.78 is 48.2. The van der Waals surface area contributed by atoms with Crippen molar-refractivity contribution in [2.24, 2.45) is 0 Å². The Morgan fingerprint density at radius 1 is 1.09 bits per heavy atom. The molecule has 0 atom stereocenters. The van der Waals surface area contributed by atoms with E-state index in [9.17, 15) is 16.8 Å². The molecule has 0 aliphatic carbocycles. The van der Waals surface area contributed by atoms with Gasteiger partial charge in [-0.3, -0.25) is 4.55 Å². The molecule has 0 bridgehead atoms. The Morgan fingerprint density at radius 3 is 1.36 bits per heavy atom. The standard InChI is InChI=1S/C2H6.CH5NO5S2/c1-2;1-8(3,4)2-9(5,6)7/h1-2H3;2H,1H3,(H,5,6,7). The average molecular weight is 205 g/mol. The molecule has 0 unspecified atom stereocenters. The van der Waals surface area contributed by atoms with E-state index < -0.39 is 20.3 Å². The maximum absolute atomic E-state index is 10.00. The molecule has 0 aromatic rings. The summed E-state index contributed by atoms with van der Waals surface area (Å²) in [5, 5.41) is 0. The average Bonchev–Trinajstić information content (AvgIpc) is 1.60. The van der Waals surface area contributed by atoms with Gasteiger partial charge in [0.25, 0.3) is 0 Å². The van der Waals surface area contributed by atoms with Gasteiger partial charge in [-0.2, -0.15) is 8.42 Å². The lowest BCUT2D eigenvalue weighted by atomic mass is 11.0. The van der Waals surface area contributed by atoms with Crippen LogP contribution in [0.1, 0.15) is 13.8 Å². The first kappa shape index (κ1) is 13.4. The van der Waals surface area contributed by atoms with Crippen molar-refractivity contribution in [1.82, 2.24) is 4.13 Å². The van der Waals surface area contributed by atoms with Gasteiger partial charge >= 0.3 is 10.3 Å². The third-order valence-corrected chi connectivity index (χ3v) is 2.31. The van der Waals surface area contributed by atoms with Gasteiger partial charge in [0.1, 0.15) is 0 Å². The number of sulfonamides is 1. The maximum atomic E-state index is 10.00. The van der Waals surface area contributed by atoms with Crippen LogP contribution in [0.3, 0.4) is 0 Å². The Morgan fingerprint density at radius 2 is 1.36 bits per heavy atom. The zero-order valence-electron chi connectivity index (χ0n) is 6.40. The first-order valence-electron chi connectivity index (χ1n) is 2.67. The van der Waals surface area contributed by atoms with E-state index in [0.29, 0.717) is 6.26 Å². The minimum atomic E-state index is -4.62. The molecule has 2 N–H and O–H groups in total. The molecule has 0 aromatic heterocycles. The summed E-state index contributed by atoms with van der Waals surface area (Å²) in [6.45, 7) is 4.00. The van der Waals surface area contributed by atoms with Crippen LogP contribution in [0.15, 0.2) is 0 Å². The highest BCUT2D eigenvalue weighted by atomic mass is 32.3. The number of hydrogen-bond donors (Lipinski definition) is 2. The van der Waals surface area contributed by atoms with Gasteiger partial charge in [-0.05, 0) is 0 Å². The SMILES string of the molecule is CC.CS(=O)(=O)NS(=O)(=O)O. The summed E-state index contributed by atoms with van der Waals surface area (Å²) in [6, 6.07) is 0. The van der Waals surface area contributed by atoms with E-state index in [-0.39, 0.29) is 0 Å². The van der Waals surface area contributed by atoms with Gasteiger partial charge in [-0.15, -0.1) is 0 Å². The minimum absolute atomic E-state index is 0.612. The maximum Gasteiger partial charge on any atom is 0.346 e. The topological polar surface area (TPSA) is 101 Å². The van der Waals surface area contributed by atoms with E-state index in [0.717, 1.165) is 4.13 Å². The van der Waals surface area contributed by atoms with E-state index >= 15 is 0 Å². The minimum Gasteiger partial charge on any atom is -0.273 e. The number of hydrogen-bond acceptors (Lipinski definition) is 4. The van der Waals surface area contributed by atoms with Crippen LogP contribution in [0.5, 0.6) is 0 Å². The lowest BCUT2D eigenvalue weighted by molar-refractivity contribution is 0.478. The molecular weight excluding hydrogens is 194 g/mol. The monoisotopic (exact) mass is 205 g/mol. The lowest BCUT2D eigenvalue weighted by Crippen LogP contribution is -2.28. The predicted octanol–water partition coefficient (Wildman–Crippen LogP) is -0.635. The first-order valence-corrected chi connectivity index (χ1v) is 6.00. The van der Waals surface area contributed by atoms with Crippen LogP contribution in [0, 0.1) is 0 Å². The molecule has 0 spiro atoms. The summed E-state index contributed by atoms with van der Waals surface area (Å²) in [5.74, 6) is 0. The highest BCUT2D eigenvalue weighted by Gasteiger charge is 2.10. The largest absolute Gasteiger partial charge is 0.346 e. The summed E-state index contributed by atoms with van der Waals surface area (Å²) in [7, 11) is -8.49. The summed E-state index contributed by atoms with van der Waals surface area (Å²) >= 11 is 0. The lowest BCUT2D eigenvalue weighted by Gasteiger charge is -1.93. The Bertz CT molecular complexity index is 245. The fraction of sp³-hybridized carbons (Fsp3) is 1.00. The van der Waals surface area contributed by atoms with Gasteiger partial charge in [-0.25, -0.2) is 8.42 Å². The van der Waals surface area contributed by atoms with Crippen molar-refractivity contribution in [3.8, 4) is 0 Å². The van der Waals surface area contributed by atoms with Crippen LogP contribution >= 0.6 is 0 Å². The van der Waals surface area contributed by atoms with Crippen molar-refractivity contribution >= 4 is 20.3 Å². The van der Waals surface area contributed by atoms with Crippen LogP contribution in [0.2, 0.25) is 0 Å². The fourth-order valence-corrected chi connectivity index (χ4v) is 1.72. The van der Waals surface area contributed by atoms with Gasteiger partial charge < -0.3 is 0 Å². The van der Waals surface area contributed by atoms with E-state index in [2.05, 4.69) is 0 Å². The molecule has 6 nitrogen and oxygen atoms in total. The molecule has 0 aliphatic rings. The summed E-state index contributed by atoms with van der Waals surface area (Å²) in [5.41, 5.74) is 0. The molecule has 0 heterocycles. The highest BCUT2D eigenvalue weighted by Crippen LogP contribution is 1.78. The molecule has 0 saturated carbocycles. The van der Waals surface area contributed by atoms with Crippen molar-refractivity contribution in [3.05, 3.63) is 0 Å². The molecular formula is C3H11NO5S2. The Hall–Kier alpha value is -0.180. The van der Waals surface area contributed by atoms with Crippen LogP contribution in [0.4, 0.5) is 0 Å². The molecule has 0 saturated heterocycles. The van der Waals surface area contributed by atoms with Crippen molar-refractivity contribution in [2.75, 3.05) is 6.26 Å². The van der Waals surface area contributed by atoms with Gasteiger partial charge in [0.2, 0.25) is 10.0 Å². The molecule has 0 radical (unpaired) electrons. The fourth-order valence-electron chi connectivity index (χ4n) is 0.191. The second-order valence-electron chi connectivity index (χ2n) is 1.33. The van der Waals surface area contributed by atoms with E-state index in [4.69, 9.17) is 4.55 Å². The third kappa shape index (κ3) is 17.7. The number of nitrogens with one attached hydrogen (secondary N) is 1. The molecule has 0 aromatic carbocycles. The smallest absolute Gasteiger partial charge is 0.273 e. The van der Waals surface area contributed by atoms with E-state index in [1.54, 1.807) is 0 Å². The molecule has 0 fully saturated rings. The zero-order valence-corrected chi connectivity index (χ0v) is 8.03. The first-order chi connectivity index (χ1) is 4.71. The van der Waals surface area contributed by atoms with Crippen molar-refractivity contribution in [1.29, 1.82) is 0 Å². The van der Waals surface area contributed by atoms with Crippen LogP contribution in [-0.2, 0) is 20.3 Å². The van der Waals surface area contributed by atoms with Crippen LogP contribution < -0.4 is 4.13 Å².